The van der Waals surface area contributed by atoms with E-state index in [4.69, 9.17) is 4.74 Å². The second-order valence-corrected chi connectivity index (χ2v) is 5.00. The molecular weight excluding hydrogens is 271 g/mol. The van der Waals surface area contributed by atoms with Crippen molar-refractivity contribution in [1.82, 2.24) is 9.97 Å². The average Bonchev–Trinajstić information content (AvgIpc) is 3.31. The number of ether oxygens (including phenoxy) is 1. The van der Waals surface area contributed by atoms with Gasteiger partial charge in [-0.05, 0) is 31.9 Å². The normalized spacial score (nSPS) is 14.0. The average molecular weight is 286 g/mol. The second kappa shape index (κ2) is 5.60. The van der Waals surface area contributed by atoms with Crippen LogP contribution in [0.4, 0.5) is 4.39 Å². The first-order valence-corrected chi connectivity index (χ1v) is 6.99. The number of nitrogens with zero attached hydrogens (tertiary/aromatic N) is 2. The molecule has 0 unspecified atom stereocenters. The van der Waals surface area contributed by atoms with Crippen molar-refractivity contribution in [2.75, 3.05) is 6.61 Å². The van der Waals surface area contributed by atoms with Gasteiger partial charge in [-0.15, -0.1) is 0 Å². The van der Waals surface area contributed by atoms with Crippen LogP contribution in [0.25, 0.3) is 11.4 Å². The summed E-state index contributed by atoms with van der Waals surface area (Å²) in [7, 11) is 0. The lowest BCUT2D eigenvalue weighted by molar-refractivity contribution is 0.0524. The first kappa shape index (κ1) is 13.7. The Morgan fingerprint density at radius 1 is 1.43 bits per heavy atom. The molecule has 0 bridgehead atoms. The SMILES string of the molecule is CCOC(=O)c1cnc(-c2cccc(F)c2)nc1C1CC1. The van der Waals surface area contributed by atoms with Crippen molar-refractivity contribution in [2.45, 2.75) is 25.7 Å². The van der Waals surface area contributed by atoms with Crippen molar-refractivity contribution in [2.24, 2.45) is 0 Å². The molecule has 0 amide bonds. The zero-order valence-corrected chi connectivity index (χ0v) is 11.7. The second-order valence-electron chi connectivity index (χ2n) is 5.00. The quantitative estimate of drug-likeness (QED) is 0.809. The molecule has 0 aliphatic heterocycles. The van der Waals surface area contributed by atoms with Gasteiger partial charge in [-0.1, -0.05) is 12.1 Å². The third kappa shape index (κ3) is 2.91. The summed E-state index contributed by atoms with van der Waals surface area (Å²) < 4.78 is 18.3. The van der Waals surface area contributed by atoms with Gasteiger partial charge in [-0.2, -0.15) is 0 Å². The zero-order chi connectivity index (χ0) is 14.8. The van der Waals surface area contributed by atoms with Gasteiger partial charge in [0.05, 0.1) is 17.9 Å². The standard InChI is InChI=1S/C16H15FN2O2/c1-2-21-16(20)13-9-18-15(19-14(13)10-6-7-10)11-4-3-5-12(17)8-11/h3-5,8-10H,2,6-7H2,1H3. The molecule has 108 valence electrons. The minimum absolute atomic E-state index is 0.278. The van der Waals surface area contributed by atoms with E-state index in [9.17, 15) is 9.18 Å². The summed E-state index contributed by atoms with van der Waals surface area (Å²) in [6, 6.07) is 6.12. The van der Waals surface area contributed by atoms with Gasteiger partial charge < -0.3 is 4.74 Å². The molecule has 5 heteroatoms. The highest BCUT2D eigenvalue weighted by Gasteiger charge is 2.31. The molecule has 2 aromatic rings. The summed E-state index contributed by atoms with van der Waals surface area (Å²) in [6.45, 7) is 2.07. The molecule has 1 fully saturated rings. The van der Waals surface area contributed by atoms with Gasteiger partial charge in [-0.3, -0.25) is 0 Å². The Morgan fingerprint density at radius 2 is 2.24 bits per heavy atom. The van der Waals surface area contributed by atoms with Crippen LogP contribution >= 0.6 is 0 Å². The van der Waals surface area contributed by atoms with Crippen LogP contribution in [0.2, 0.25) is 0 Å². The predicted molar refractivity (Wildman–Crippen MR) is 75.4 cm³/mol. The number of rotatable bonds is 4. The van der Waals surface area contributed by atoms with Gasteiger partial charge in [0.15, 0.2) is 5.82 Å². The Hall–Kier alpha value is -2.30. The van der Waals surface area contributed by atoms with Crippen molar-refractivity contribution >= 4 is 5.97 Å². The number of hydrogen-bond donors (Lipinski definition) is 0. The summed E-state index contributed by atoms with van der Waals surface area (Å²) in [4.78, 5) is 20.6. The van der Waals surface area contributed by atoms with Crippen molar-refractivity contribution in [3.05, 3.63) is 47.5 Å². The fraction of sp³-hybridized carbons (Fsp3) is 0.312. The first-order valence-electron chi connectivity index (χ1n) is 6.99. The maximum atomic E-state index is 13.3. The molecule has 0 atom stereocenters. The van der Waals surface area contributed by atoms with E-state index in [-0.39, 0.29) is 11.7 Å². The number of aromatic nitrogens is 2. The van der Waals surface area contributed by atoms with E-state index in [0.717, 1.165) is 12.8 Å². The molecule has 0 radical (unpaired) electrons. The van der Waals surface area contributed by atoms with E-state index in [1.54, 1.807) is 19.1 Å². The molecule has 1 saturated carbocycles. The third-order valence-corrected chi connectivity index (χ3v) is 3.36. The largest absolute Gasteiger partial charge is 0.462 e. The topological polar surface area (TPSA) is 52.1 Å². The van der Waals surface area contributed by atoms with Gasteiger partial charge in [-0.25, -0.2) is 19.2 Å². The molecule has 0 N–H and O–H groups in total. The van der Waals surface area contributed by atoms with Crippen LogP contribution < -0.4 is 0 Å². The Balaban J connectivity index is 2.01. The summed E-state index contributed by atoms with van der Waals surface area (Å²) in [6.07, 6.45) is 3.50. The highest BCUT2D eigenvalue weighted by molar-refractivity contribution is 5.90. The van der Waals surface area contributed by atoms with E-state index in [1.165, 1.54) is 18.3 Å². The van der Waals surface area contributed by atoms with Gasteiger partial charge in [0, 0.05) is 17.7 Å². The molecular formula is C16H15FN2O2. The molecule has 3 rings (SSSR count). The third-order valence-electron chi connectivity index (χ3n) is 3.36. The van der Waals surface area contributed by atoms with E-state index in [0.29, 0.717) is 29.3 Å². The summed E-state index contributed by atoms with van der Waals surface area (Å²) in [5, 5.41) is 0. The molecule has 4 nitrogen and oxygen atoms in total. The van der Waals surface area contributed by atoms with Crippen LogP contribution in [-0.2, 0) is 4.74 Å². The Kier molecular flexibility index (Phi) is 3.64. The lowest BCUT2D eigenvalue weighted by atomic mass is 10.1. The summed E-state index contributed by atoms with van der Waals surface area (Å²) in [5.41, 5.74) is 1.73. The highest BCUT2D eigenvalue weighted by atomic mass is 19.1. The highest BCUT2D eigenvalue weighted by Crippen LogP contribution is 2.41. The van der Waals surface area contributed by atoms with E-state index >= 15 is 0 Å². The number of carbonyl (C=O) groups excluding carboxylic acids is 1. The van der Waals surface area contributed by atoms with Crippen LogP contribution in [-0.4, -0.2) is 22.5 Å². The lowest BCUT2D eigenvalue weighted by Gasteiger charge is -2.09. The maximum Gasteiger partial charge on any atom is 0.341 e. The molecule has 0 saturated heterocycles. The molecule has 1 aromatic carbocycles. The molecule has 21 heavy (non-hydrogen) atoms. The van der Waals surface area contributed by atoms with Crippen LogP contribution in [0.1, 0.15) is 41.7 Å². The summed E-state index contributed by atoms with van der Waals surface area (Å²) in [5.74, 6) is -0.0205. The van der Waals surface area contributed by atoms with E-state index in [2.05, 4.69) is 9.97 Å². The molecule has 1 heterocycles. The van der Waals surface area contributed by atoms with Crippen molar-refractivity contribution in [3.8, 4) is 11.4 Å². The predicted octanol–water partition coefficient (Wildman–Crippen LogP) is 3.34. The van der Waals surface area contributed by atoms with Crippen LogP contribution in [0.5, 0.6) is 0 Å². The number of esters is 1. The van der Waals surface area contributed by atoms with Crippen molar-refractivity contribution < 1.29 is 13.9 Å². The fourth-order valence-corrected chi connectivity index (χ4v) is 2.20. The fourth-order valence-electron chi connectivity index (χ4n) is 2.20. The van der Waals surface area contributed by atoms with Gasteiger partial charge in [0.2, 0.25) is 0 Å². The van der Waals surface area contributed by atoms with Crippen LogP contribution in [0.3, 0.4) is 0 Å². The van der Waals surface area contributed by atoms with Crippen molar-refractivity contribution in [3.63, 3.8) is 0 Å². The van der Waals surface area contributed by atoms with E-state index < -0.39 is 5.97 Å². The number of carbonyl (C=O) groups is 1. The molecule has 1 aromatic heterocycles. The smallest absolute Gasteiger partial charge is 0.341 e. The minimum Gasteiger partial charge on any atom is -0.462 e. The Bertz CT molecular complexity index is 684. The monoisotopic (exact) mass is 286 g/mol. The number of benzene rings is 1. The summed E-state index contributed by atoms with van der Waals surface area (Å²) >= 11 is 0. The van der Waals surface area contributed by atoms with Crippen LogP contribution in [0, 0.1) is 5.82 Å². The molecule has 0 spiro atoms. The minimum atomic E-state index is -0.398. The Morgan fingerprint density at radius 3 is 2.90 bits per heavy atom. The Labute approximate surface area is 122 Å². The first-order chi connectivity index (χ1) is 10.2. The zero-order valence-electron chi connectivity index (χ0n) is 11.7. The number of hydrogen-bond acceptors (Lipinski definition) is 4. The lowest BCUT2D eigenvalue weighted by Crippen LogP contribution is -2.11. The maximum absolute atomic E-state index is 13.3. The van der Waals surface area contributed by atoms with Crippen molar-refractivity contribution in [1.29, 1.82) is 0 Å². The van der Waals surface area contributed by atoms with Gasteiger partial charge in [0.25, 0.3) is 0 Å². The molecule has 1 aliphatic carbocycles. The van der Waals surface area contributed by atoms with Crippen LogP contribution in [0.15, 0.2) is 30.5 Å². The van der Waals surface area contributed by atoms with Gasteiger partial charge >= 0.3 is 5.97 Å². The molecule has 1 aliphatic rings. The number of halogens is 1. The van der Waals surface area contributed by atoms with E-state index in [1.807, 2.05) is 0 Å². The van der Waals surface area contributed by atoms with Gasteiger partial charge in [0.1, 0.15) is 5.82 Å².